The lowest BCUT2D eigenvalue weighted by Crippen LogP contribution is -2.18. The van der Waals surface area contributed by atoms with Crippen molar-refractivity contribution < 1.29 is 0 Å². The molecule has 0 atom stereocenters. The molecule has 2 aromatic carbocycles. The van der Waals surface area contributed by atoms with E-state index in [1.165, 1.54) is 39.8 Å². The van der Waals surface area contributed by atoms with Gasteiger partial charge in [-0.1, -0.05) is 76.2 Å². The molecule has 0 aromatic heterocycles. The zero-order valence-corrected chi connectivity index (χ0v) is 15.4. The molecule has 1 aliphatic rings. The molecule has 0 spiro atoms. The minimum absolute atomic E-state index is 0.231. The smallest absolute Gasteiger partial charge is 0.00921 e. The molecule has 120 valence electrons. The van der Waals surface area contributed by atoms with Crippen LogP contribution in [-0.2, 0) is 10.8 Å². The summed E-state index contributed by atoms with van der Waals surface area (Å²) >= 11 is 0. The van der Waals surface area contributed by atoms with Crippen molar-refractivity contribution in [1.82, 2.24) is 0 Å². The van der Waals surface area contributed by atoms with Gasteiger partial charge in [0.2, 0.25) is 0 Å². The van der Waals surface area contributed by atoms with Crippen LogP contribution in [0.2, 0.25) is 0 Å². The number of rotatable bonds is 2. The quantitative estimate of drug-likeness (QED) is 0.608. The van der Waals surface area contributed by atoms with E-state index in [1.54, 1.807) is 0 Å². The number of fused-ring (bicyclic) bond motifs is 1. The summed E-state index contributed by atoms with van der Waals surface area (Å²) in [4.78, 5) is 0. The second-order valence-corrected chi connectivity index (χ2v) is 8.50. The lowest BCUT2D eigenvalue weighted by molar-refractivity contribution is 0.403. The maximum atomic E-state index is 4.40. The van der Waals surface area contributed by atoms with Gasteiger partial charge in [-0.2, -0.15) is 0 Å². The van der Waals surface area contributed by atoms with Gasteiger partial charge in [0.1, 0.15) is 0 Å². The van der Waals surface area contributed by atoms with Crippen LogP contribution in [0.4, 0.5) is 0 Å². The van der Waals surface area contributed by atoms with E-state index < -0.39 is 0 Å². The molecule has 0 unspecified atom stereocenters. The van der Waals surface area contributed by atoms with Crippen molar-refractivity contribution in [3.05, 3.63) is 76.4 Å². The Labute approximate surface area is 141 Å². The van der Waals surface area contributed by atoms with E-state index in [9.17, 15) is 0 Å². The highest BCUT2D eigenvalue weighted by Crippen LogP contribution is 2.50. The van der Waals surface area contributed by atoms with Gasteiger partial charge in [-0.05, 0) is 64.5 Å². The van der Waals surface area contributed by atoms with Gasteiger partial charge in [0.15, 0.2) is 0 Å². The Kier molecular flexibility index (Phi) is 3.55. The first kappa shape index (κ1) is 16.1. The Hall–Kier alpha value is -1.82. The first-order valence-corrected chi connectivity index (χ1v) is 8.54. The summed E-state index contributed by atoms with van der Waals surface area (Å²) in [5, 5.41) is 0. The van der Waals surface area contributed by atoms with E-state index in [0.29, 0.717) is 0 Å². The molecule has 0 saturated carbocycles. The van der Waals surface area contributed by atoms with Gasteiger partial charge in [-0.15, -0.1) is 0 Å². The molecule has 0 heteroatoms. The Bertz CT molecular complexity index is 770. The third kappa shape index (κ3) is 2.65. The maximum Gasteiger partial charge on any atom is -0.00921 e. The van der Waals surface area contributed by atoms with Crippen molar-refractivity contribution in [3.8, 4) is 0 Å². The fourth-order valence-electron chi connectivity index (χ4n) is 4.36. The normalized spacial score (nSPS) is 17.8. The van der Waals surface area contributed by atoms with Crippen LogP contribution in [0.15, 0.2) is 43.0 Å². The second-order valence-electron chi connectivity index (χ2n) is 8.50. The summed E-state index contributed by atoms with van der Waals surface area (Å²) in [6, 6.07) is 13.5. The van der Waals surface area contributed by atoms with Gasteiger partial charge in [-0.25, -0.2) is 0 Å². The molecular formula is C23H28. The topological polar surface area (TPSA) is 0 Å². The zero-order chi connectivity index (χ0) is 17.0. The van der Waals surface area contributed by atoms with Gasteiger partial charge in [0.25, 0.3) is 0 Å². The number of hydrogen-bond acceptors (Lipinski definition) is 0. The number of aryl methyl sites for hydroxylation is 2. The van der Waals surface area contributed by atoms with E-state index in [-0.39, 0.29) is 10.8 Å². The second kappa shape index (κ2) is 5.09. The predicted octanol–water partition coefficient (Wildman–Crippen LogP) is 6.32. The van der Waals surface area contributed by atoms with Gasteiger partial charge in [0, 0.05) is 0 Å². The Morgan fingerprint density at radius 3 is 1.96 bits per heavy atom. The van der Waals surface area contributed by atoms with E-state index >= 15 is 0 Å². The molecule has 0 nitrogen and oxygen atoms in total. The molecule has 0 radical (unpaired) electrons. The van der Waals surface area contributed by atoms with Crippen LogP contribution in [0.25, 0.3) is 5.57 Å². The van der Waals surface area contributed by atoms with Crippen LogP contribution in [-0.4, -0.2) is 0 Å². The van der Waals surface area contributed by atoms with Crippen molar-refractivity contribution in [2.24, 2.45) is 0 Å². The minimum atomic E-state index is 0.231. The summed E-state index contributed by atoms with van der Waals surface area (Å²) in [5.41, 5.74) is 9.76. The monoisotopic (exact) mass is 304 g/mol. The van der Waals surface area contributed by atoms with Gasteiger partial charge < -0.3 is 0 Å². The Morgan fingerprint density at radius 2 is 1.39 bits per heavy atom. The highest BCUT2D eigenvalue weighted by atomic mass is 14.5. The van der Waals surface area contributed by atoms with Crippen LogP contribution < -0.4 is 0 Å². The molecule has 23 heavy (non-hydrogen) atoms. The highest BCUT2D eigenvalue weighted by Gasteiger charge is 2.42. The zero-order valence-electron chi connectivity index (χ0n) is 15.4. The van der Waals surface area contributed by atoms with Crippen LogP contribution >= 0.6 is 0 Å². The van der Waals surface area contributed by atoms with Gasteiger partial charge >= 0.3 is 0 Å². The third-order valence-electron chi connectivity index (χ3n) is 5.43. The summed E-state index contributed by atoms with van der Waals surface area (Å²) in [6.45, 7) is 18.2. The summed E-state index contributed by atoms with van der Waals surface area (Å²) in [6.07, 6.45) is 1.20. The molecule has 0 aliphatic heterocycles. The average molecular weight is 304 g/mol. The molecule has 0 bridgehead atoms. The van der Waals surface area contributed by atoms with Crippen molar-refractivity contribution in [3.63, 3.8) is 0 Å². The van der Waals surface area contributed by atoms with E-state index in [2.05, 4.69) is 84.5 Å². The Balaban J connectivity index is 2.12. The fraction of sp³-hybridized carbons (Fsp3) is 0.391. The maximum absolute atomic E-state index is 4.40. The van der Waals surface area contributed by atoms with Crippen molar-refractivity contribution in [1.29, 1.82) is 0 Å². The first-order chi connectivity index (χ1) is 10.6. The Morgan fingerprint density at radius 1 is 0.870 bits per heavy atom. The average Bonchev–Trinajstić information content (AvgIpc) is 2.63. The minimum Gasteiger partial charge on any atom is -0.0905 e. The van der Waals surface area contributed by atoms with Crippen molar-refractivity contribution in [2.75, 3.05) is 0 Å². The number of hydrogen-bond donors (Lipinski definition) is 0. The molecule has 1 aliphatic carbocycles. The summed E-state index contributed by atoms with van der Waals surface area (Å²) in [7, 11) is 0. The van der Waals surface area contributed by atoms with Crippen LogP contribution in [0.5, 0.6) is 0 Å². The lowest BCUT2D eigenvalue weighted by Gasteiger charge is -2.22. The lowest BCUT2D eigenvalue weighted by atomic mass is 9.82. The van der Waals surface area contributed by atoms with Crippen LogP contribution in [0.1, 0.15) is 67.5 Å². The van der Waals surface area contributed by atoms with E-state index in [4.69, 9.17) is 0 Å². The van der Waals surface area contributed by atoms with E-state index in [1.807, 2.05) is 0 Å². The molecule has 0 N–H and O–H groups in total. The first-order valence-electron chi connectivity index (χ1n) is 8.54. The standard InChI is InChI=1S/C23H28/c1-15-8-10-18(11-9-15)17(3)19-13-21-20(12-16(19)2)22(4,5)14-23(21,6)7/h8-13H,3,14H2,1-2,4-7H3. The largest absolute Gasteiger partial charge is 0.0905 e. The summed E-state index contributed by atoms with van der Waals surface area (Å²) < 4.78 is 0. The molecule has 0 fully saturated rings. The van der Waals surface area contributed by atoms with Gasteiger partial charge in [0.05, 0.1) is 0 Å². The van der Waals surface area contributed by atoms with Crippen LogP contribution in [0, 0.1) is 13.8 Å². The molecule has 2 aromatic rings. The highest BCUT2D eigenvalue weighted by molar-refractivity contribution is 5.80. The third-order valence-corrected chi connectivity index (χ3v) is 5.43. The molecule has 3 rings (SSSR count). The fourth-order valence-corrected chi connectivity index (χ4v) is 4.36. The molecule has 0 amide bonds. The predicted molar refractivity (Wildman–Crippen MR) is 101 cm³/mol. The SMILES string of the molecule is C=C(c1ccc(C)cc1)c1cc2c(cc1C)C(C)(C)CC2(C)C. The molecule has 0 heterocycles. The molecular weight excluding hydrogens is 276 g/mol. The van der Waals surface area contributed by atoms with Crippen molar-refractivity contribution >= 4 is 5.57 Å². The van der Waals surface area contributed by atoms with Gasteiger partial charge in [-0.3, -0.25) is 0 Å². The van der Waals surface area contributed by atoms with E-state index in [0.717, 1.165) is 5.57 Å². The van der Waals surface area contributed by atoms with Crippen molar-refractivity contribution in [2.45, 2.75) is 58.8 Å². The summed E-state index contributed by atoms with van der Waals surface area (Å²) in [5.74, 6) is 0. The van der Waals surface area contributed by atoms with Crippen LogP contribution in [0.3, 0.4) is 0 Å². The number of benzene rings is 2. The molecule has 0 saturated heterocycles.